The number of hydrogen-bond donors (Lipinski definition) is 2. The lowest BCUT2D eigenvalue weighted by Gasteiger charge is -2.26. The number of phenolic OH excluding ortho intramolecular Hbond substituents is 2. The SMILES string of the molecule is COc1cc(O)ccc1[C@H]1COc2cc(O)c(CC=C(C)CCC=C(C)C)cc2C1=O. The molecule has 1 atom stereocenters. The van der Waals surface area contributed by atoms with E-state index in [0.717, 1.165) is 12.8 Å². The lowest BCUT2D eigenvalue weighted by atomic mass is 9.87. The van der Waals surface area contributed by atoms with Crippen molar-refractivity contribution in [2.45, 2.75) is 46.0 Å². The third-order valence-electron chi connectivity index (χ3n) is 5.52. The molecule has 0 saturated carbocycles. The van der Waals surface area contributed by atoms with Crippen molar-refractivity contribution in [3.63, 3.8) is 0 Å². The summed E-state index contributed by atoms with van der Waals surface area (Å²) in [6, 6.07) is 7.96. The minimum absolute atomic E-state index is 0.0733. The highest BCUT2D eigenvalue weighted by Crippen LogP contribution is 2.40. The Morgan fingerprint density at radius 2 is 1.94 bits per heavy atom. The molecule has 0 amide bonds. The van der Waals surface area contributed by atoms with Gasteiger partial charge in [0.25, 0.3) is 0 Å². The van der Waals surface area contributed by atoms with Gasteiger partial charge in [0.15, 0.2) is 5.78 Å². The zero-order valence-electron chi connectivity index (χ0n) is 18.6. The van der Waals surface area contributed by atoms with E-state index in [4.69, 9.17) is 9.47 Å². The number of allylic oxidation sites excluding steroid dienone is 4. The number of benzene rings is 2. The van der Waals surface area contributed by atoms with Crippen LogP contribution in [0.1, 0.15) is 61.0 Å². The molecule has 31 heavy (non-hydrogen) atoms. The predicted molar refractivity (Wildman–Crippen MR) is 121 cm³/mol. The zero-order chi connectivity index (χ0) is 22.5. The average Bonchev–Trinajstić information content (AvgIpc) is 2.73. The van der Waals surface area contributed by atoms with Gasteiger partial charge < -0.3 is 19.7 Å². The topological polar surface area (TPSA) is 76.0 Å². The molecule has 1 aliphatic rings. The first-order valence-corrected chi connectivity index (χ1v) is 10.5. The molecule has 0 fully saturated rings. The number of carbonyl (C=O) groups excluding carboxylic acids is 1. The lowest BCUT2D eigenvalue weighted by Crippen LogP contribution is -2.26. The van der Waals surface area contributed by atoms with Crippen molar-refractivity contribution in [3.8, 4) is 23.0 Å². The Balaban J connectivity index is 1.84. The molecule has 0 aromatic heterocycles. The van der Waals surface area contributed by atoms with Gasteiger partial charge in [-0.3, -0.25) is 4.79 Å². The zero-order valence-corrected chi connectivity index (χ0v) is 18.6. The number of Topliss-reactive ketones (excluding diaryl/α,β-unsaturated/α-hetero) is 1. The number of phenols is 2. The fourth-order valence-corrected chi connectivity index (χ4v) is 3.72. The van der Waals surface area contributed by atoms with E-state index in [1.54, 1.807) is 12.1 Å². The van der Waals surface area contributed by atoms with Crippen molar-refractivity contribution in [2.75, 3.05) is 13.7 Å². The van der Waals surface area contributed by atoms with Crippen molar-refractivity contribution >= 4 is 5.78 Å². The van der Waals surface area contributed by atoms with Crippen LogP contribution in [0.15, 0.2) is 53.6 Å². The van der Waals surface area contributed by atoms with E-state index in [0.29, 0.717) is 34.6 Å². The van der Waals surface area contributed by atoms with Gasteiger partial charge in [0.1, 0.15) is 29.6 Å². The van der Waals surface area contributed by atoms with Crippen LogP contribution < -0.4 is 9.47 Å². The van der Waals surface area contributed by atoms with E-state index < -0.39 is 5.92 Å². The molecule has 2 aromatic rings. The third-order valence-corrected chi connectivity index (χ3v) is 5.52. The van der Waals surface area contributed by atoms with Gasteiger partial charge in [-0.2, -0.15) is 0 Å². The molecule has 1 aliphatic heterocycles. The van der Waals surface area contributed by atoms with Crippen LogP contribution in [0.3, 0.4) is 0 Å². The van der Waals surface area contributed by atoms with Gasteiger partial charge in [-0.25, -0.2) is 0 Å². The van der Waals surface area contributed by atoms with E-state index >= 15 is 0 Å². The second-order valence-corrected chi connectivity index (χ2v) is 8.21. The molecule has 5 nitrogen and oxygen atoms in total. The van der Waals surface area contributed by atoms with Crippen LogP contribution in [0.4, 0.5) is 0 Å². The fourth-order valence-electron chi connectivity index (χ4n) is 3.72. The van der Waals surface area contributed by atoms with Crippen molar-refractivity contribution in [3.05, 3.63) is 70.3 Å². The first-order valence-electron chi connectivity index (χ1n) is 10.5. The van der Waals surface area contributed by atoms with Crippen LogP contribution >= 0.6 is 0 Å². The summed E-state index contributed by atoms with van der Waals surface area (Å²) in [7, 11) is 1.50. The first kappa shape index (κ1) is 22.5. The lowest BCUT2D eigenvalue weighted by molar-refractivity contribution is 0.0893. The van der Waals surface area contributed by atoms with Crippen LogP contribution in [-0.2, 0) is 6.42 Å². The summed E-state index contributed by atoms with van der Waals surface area (Å²) in [6.07, 6.45) is 6.79. The molecule has 1 heterocycles. The monoisotopic (exact) mass is 422 g/mol. The quantitative estimate of drug-likeness (QED) is 0.560. The summed E-state index contributed by atoms with van der Waals surface area (Å²) < 4.78 is 11.2. The molecule has 2 N–H and O–H groups in total. The van der Waals surface area contributed by atoms with Gasteiger partial charge in [-0.15, -0.1) is 0 Å². The van der Waals surface area contributed by atoms with E-state index in [-0.39, 0.29) is 23.9 Å². The van der Waals surface area contributed by atoms with E-state index in [2.05, 4.69) is 32.9 Å². The Bertz CT molecular complexity index is 1030. The van der Waals surface area contributed by atoms with Gasteiger partial charge in [0.2, 0.25) is 0 Å². The molecule has 0 spiro atoms. The summed E-state index contributed by atoms with van der Waals surface area (Å²) in [5.74, 6) is 0.408. The summed E-state index contributed by atoms with van der Waals surface area (Å²) in [4.78, 5) is 13.3. The highest BCUT2D eigenvalue weighted by Gasteiger charge is 2.33. The molecular weight excluding hydrogens is 392 g/mol. The van der Waals surface area contributed by atoms with Crippen molar-refractivity contribution in [2.24, 2.45) is 0 Å². The molecule has 0 bridgehead atoms. The van der Waals surface area contributed by atoms with Crippen LogP contribution in [-0.4, -0.2) is 29.7 Å². The molecule has 0 aliphatic carbocycles. The molecule has 2 aromatic carbocycles. The number of ketones is 1. The normalized spacial score (nSPS) is 15.8. The van der Waals surface area contributed by atoms with E-state index in [9.17, 15) is 15.0 Å². The third kappa shape index (κ3) is 5.29. The van der Waals surface area contributed by atoms with Crippen LogP contribution in [0.5, 0.6) is 23.0 Å². The molecule has 5 heteroatoms. The fraction of sp³-hybridized carbons (Fsp3) is 0.346. The van der Waals surface area contributed by atoms with Crippen molar-refractivity contribution in [1.82, 2.24) is 0 Å². The standard InChI is InChI=1S/C26H30O5/c1-16(2)6-5-7-17(3)8-9-18-12-21-25(14-23(18)28)31-15-22(26(21)29)20-11-10-19(27)13-24(20)30-4/h6,8,10-14,22,27-28H,5,7,9,15H2,1-4H3/t22-/m1/s1. The molecule has 3 rings (SSSR count). The number of rotatable bonds is 7. The number of carbonyl (C=O) groups is 1. The number of ether oxygens (including phenoxy) is 2. The maximum absolute atomic E-state index is 13.3. The van der Waals surface area contributed by atoms with Crippen molar-refractivity contribution in [1.29, 1.82) is 0 Å². The molecular formula is C26H30O5. The molecule has 164 valence electrons. The highest BCUT2D eigenvalue weighted by molar-refractivity contribution is 6.05. The Morgan fingerprint density at radius 3 is 2.65 bits per heavy atom. The number of methoxy groups -OCH3 is 1. The van der Waals surface area contributed by atoms with Gasteiger partial charge in [0.05, 0.1) is 18.6 Å². The maximum Gasteiger partial charge on any atom is 0.177 e. The van der Waals surface area contributed by atoms with E-state index in [1.165, 1.54) is 36.5 Å². The smallest absolute Gasteiger partial charge is 0.177 e. The maximum atomic E-state index is 13.3. The largest absolute Gasteiger partial charge is 0.508 e. The van der Waals surface area contributed by atoms with Gasteiger partial charge in [-0.1, -0.05) is 29.4 Å². The second-order valence-electron chi connectivity index (χ2n) is 8.21. The van der Waals surface area contributed by atoms with E-state index in [1.807, 2.05) is 0 Å². The Hall–Kier alpha value is -3.21. The first-order chi connectivity index (χ1) is 14.8. The summed E-state index contributed by atoms with van der Waals surface area (Å²) in [5, 5.41) is 20.1. The molecule has 0 unspecified atom stereocenters. The number of hydrogen-bond acceptors (Lipinski definition) is 5. The Kier molecular flexibility index (Phi) is 7.06. The highest BCUT2D eigenvalue weighted by atomic mass is 16.5. The summed E-state index contributed by atoms with van der Waals surface area (Å²) in [5.41, 5.74) is 4.35. The Morgan fingerprint density at radius 1 is 1.16 bits per heavy atom. The van der Waals surface area contributed by atoms with Gasteiger partial charge in [-0.05, 0) is 57.7 Å². The average molecular weight is 423 g/mol. The number of aromatic hydroxyl groups is 2. The molecule has 0 radical (unpaired) electrons. The Labute approximate surface area is 183 Å². The van der Waals surface area contributed by atoms with Crippen molar-refractivity contribution < 1.29 is 24.5 Å². The number of fused-ring (bicyclic) bond motifs is 1. The minimum atomic E-state index is -0.540. The van der Waals surface area contributed by atoms with Crippen LogP contribution in [0.25, 0.3) is 0 Å². The minimum Gasteiger partial charge on any atom is -0.508 e. The van der Waals surface area contributed by atoms with Crippen LogP contribution in [0, 0.1) is 0 Å². The summed E-state index contributed by atoms with van der Waals surface area (Å²) in [6.45, 7) is 6.40. The second kappa shape index (κ2) is 9.73. The van der Waals surface area contributed by atoms with Gasteiger partial charge >= 0.3 is 0 Å². The predicted octanol–water partition coefficient (Wildman–Crippen LogP) is 5.70. The molecule has 0 saturated heterocycles. The van der Waals surface area contributed by atoms with Gasteiger partial charge in [0, 0.05) is 17.7 Å². The van der Waals surface area contributed by atoms with Crippen LogP contribution in [0.2, 0.25) is 0 Å². The summed E-state index contributed by atoms with van der Waals surface area (Å²) >= 11 is 0.